The first kappa shape index (κ1) is 12.0. The Morgan fingerprint density at radius 2 is 2.44 bits per heavy atom. The van der Waals surface area contributed by atoms with Gasteiger partial charge in [0.15, 0.2) is 0 Å². The van der Waals surface area contributed by atoms with Crippen LogP contribution in [-0.4, -0.2) is 17.7 Å². The molecular weight excluding hydrogens is 206 g/mol. The van der Waals surface area contributed by atoms with Crippen LogP contribution < -0.4 is 5.32 Å². The van der Waals surface area contributed by atoms with Gasteiger partial charge < -0.3 is 4.74 Å². The van der Waals surface area contributed by atoms with E-state index in [-0.39, 0.29) is 0 Å². The molecule has 84 valence electrons. The zero-order chi connectivity index (χ0) is 11.8. The lowest BCUT2D eigenvalue weighted by atomic mass is 10.3. The van der Waals surface area contributed by atoms with Crippen LogP contribution in [0.2, 0.25) is 0 Å². The Bertz CT molecular complexity index is 398. The molecule has 1 N–H and O–H groups in total. The molecule has 1 amide bonds. The van der Waals surface area contributed by atoms with E-state index < -0.39 is 6.09 Å². The molecular formula is C11H13N3O2. The Hall–Kier alpha value is -2.09. The van der Waals surface area contributed by atoms with E-state index in [0.717, 1.165) is 12.8 Å². The van der Waals surface area contributed by atoms with E-state index in [0.29, 0.717) is 17.9 Å². The summed E-state index contributed by atoms with van der Waals surface area (Å²) in [5.41, 5.74) is 0.854. The van der Waals surface area contributed by atoms with Crippen molar-refractivity contribution in [3.63, 3.8) is 0 Å². The lowest BCUT2D eigenvalue weighted by Gasteiger charge is -2.05. The smallest absolute Gasteiger partial charge is 0.411 e. The summed E-state index contributed by atoms with van der Waals surface area (Å²) in [7, 11) is 0. The Morgan fingerprint density at radius 1 is 1.62 bits per heavy atom. The van der Waals surface area contributed by atoms with Crippen LogP contribution in [0.3, 0.4) is 0 Å². The van der Waals surface area contributed by atoms with Crippen LogP contribution in [0.1, 0.15) is 25.3 Å². The molecule has 5 heteroatoms. The van der Waals surface area contributed by atoms with Gasteiger partial charge in [-0.25, -0.2) is 4.79 Å². The summed E-state index contributed by atoms with van der Waals surface area (Å²) < 4.78 is 4.90. The highest BCUT2D eigenvalue weighted by molar-refractivity contribution is 5.84. The number of anilines is 1. The number of unbranched alkanes of at least 4 members (excludes halogenated alkanes) is 1. The van der Waals surface area contributed by atoms with Crippen molar-refractivity contribution < 1.29 is 9.53 Å². The molecule has 1 aromatic rings. The minimum atomic E-state index is -0.523. The highest BCUT2D eigenvalue weighted by Crippen LogP contribution is 2.07. The quantitative estimate of drug-likeness (QED) is 0.788. The van der Waals surface area contributed by atoms with E-state index in [1.54, 1.807) is 0 Å². The third kappa shape index (κ3) is 3.96. The van der Waals surface area contributed by atoms with E-state index in [2.05, 4.69) is 10.3 Å². The Kier molecular flexibility index (Phi) is 4.80. The third-order valence-corrected chi connectivity index (χ3v) is 1.84. The van der Waals surface area contributed by atoms with Crippen molar-refractivity contribution in [2.75, 3.05) is 11.9 Å². The fourth-order valence-corrected chi connectivity index (χ4v) is 1.03. The highest BCUT2D eigenvalue weighted by atomic mass is 16.5. The molecule has 0 aromatic carbocycles. The van der Waals surface area contributed by atoms with Crippen molar-refractivity contribution in [3.05, 3.63) is 24.0 Å². The van der Waals surface area contributed by atoms with Crippen molar-refractivity contribution in [1.82, 2.24) is 4.98 Å². The molecule has 0 saturated heterocycles. The highest BCUT2D eigenvalue weighted by Gasteiger charge is 2.03. The Labute approximate surface area is 94.1 Å². The number of rotatable bonds is 4. The summed E-state index contributed by atoms with van der Waals surface area (Å²) in [4.78, 5) is 15.1. The van der Waals surface area contributed by atoms with Crippen LogP contribution in [-0.2, 0) is 4.74 Å². The summed E-state index contributed by atoms with van der Waals surface area (Å²) in [5, 5.41) is 11.1. The minimum absolute atomic E-state index is 0.395. The number of carbonyl (C=O) groups is 1. The second-order valence-corrected chi connectivity index (χ2v) is 3.19. The maximum absolute atomic E-state index is 11.2. The zero-order valence-corrected chi connectivity index (χ0v) is 9.06. The van der Waals surface area contributed by atoms with Gasteiger partial charge in [0.2, 0.25) is 0 Å². The summed E-state index contributed by atoms with van der Waals surface area (Å²) in [6, 6.07) is 3.47. The largest absolute Gasteiger partial charge is 0.449 e. The van der Waals surface area contributed by atoms with Crippen molar-refractivity contribution >= 4 is 11.8 Å². The van der Waals surface area contributed by atoms with Crippen LogP contribution in [0.5, 0.6) is 0 Å². The first-order valence-corrected chi connectivity index (χ1v) is 5.05. The molecule has 0 atom stereocenters. The summed E-state index contributed by atoms with van der Waals surface area (Å²) in [5.74, 6) is 0. The van der Waals surface area contributed by atoms with Gasteiger partial charge >= 0.3 is 6.09 Å². The second kappa shape index (κ2) is 6.40. The van der Waals surface area contributed by atoms with Crippen LogP contribution in [0.25, 0.3) is 0 Å². The third-order valence-electron chi connectivity index (χ3n) is 1.84. The summed E-state index contributed by atoms with van der Waals surface area (Å²) in [6.07, 6.45) is 4.17. The molecule has 5 nitrogen and oxygen atoms in total. The molecule has 0 spiro atoms. The number of ether oxygens (including phenoxy) is 1. The summed E-state index contributed by atoms with van der Waals surface area (Å²) >= 11 is 0. The number of aromatic nitrogens is 1. The Balaban J connectivity index is 2.47. The molecule has 1 aromatic heterocycles. The number of nitrogens with one attached hydrogen (secondary N) is 1. The topological polar surface area (TPSA) is 75.0 Å². The predicted molar refractivity (Wildman–Crippen MR) is 58.8 cm³/mol. The molecule has 0 bridgehead atoms. The number of hydrogen-bond donors (Lipinski definition) is 1. The number of nitrogens with zero attached hydrogens (tertiary/aromatic N) is 2. The molecule has 0 unspecified atom stereocenters. The van der Waals surface area contributed by atoms with Crippen molar-refractivity contribution in [2.45, 2.75) is 19.8 Å². The van der Waals surface area contributed by atoms with Crippen LogP contribution in [0.15, 0.2) is 18.5 Å². The van der Waals surface area contributed by atoms with E-state index in [9.17, 15) is 4.79 Å². The molecule has 0 saturated carbocycles. The summed E-state index contributed by atoms with van der Waals surface area (Å²) in [6.45, 7) is 2.41. The normalized spacial score (nSPS) is 9.25. The average Bonchev–Trinajstić information content (AvgIpc) is 2.29. The molecule has 1 heterocycles. The van der Waals surface area contributed by atoms with Gasteiger partial charge in [0.05, 0.1) is 24.1 Å². The minimum Gasteiger partial charge on any atom is -0.449 e. The van der Waals surface area contributed by atoms with Gasteiger partial charge in [-0.1, -0.05) is 13.3 Å². The molecule has 0 radical (unpaired) electrons. The standard InChI is InChI=1S/C11H13N3O2/c1-2-3-4-16-11(15)14-10-5-9(6-12)7-13-8-10/h5,7-8H,2-4H2,1H3,(H,14,15). The molecule has 16 heavy (non-hydrogen) atoms. The fraction of sp³-hybridized carbons (Fsp3) is 0.364. The zero-order valence-electron chi connectivity index (χ0n) is 9.06. The van der Waals surface area contributed by atoms with E-state index in [1.165, 1.54) is 18.5 Å². The molecule has 0 aliphatic carbocycles. The van der Waals surface area contributed by atoms with Gasteiger partial charge in [0.25, 0.3) is 0 Å². The monoisotopic (exact) mass is 219 g/mol. The van der Waals surface area contributed by atoms with Crippen LogP contribution in [0, 0.1) is 11.3 Å². The van der Waals surface area contributed by atoms with E-state index in [1.807, 2.05) is 13.0 Å². The van der Waals surface area contributed by atoms with Crippen LogP contribution >= 0.6 is 0 Å². The van der Waals surface area contributed by atoms with Gasteiger partial charge in [-0.15, -0.1) is 0 Å². The number of carbonyl (C=O) groups excluding carboxylic acids is 1. The molecule has 0 aliphatic rings. The average molecular weight is 219 g/mol. The molecule has 1 rings (SSSR count). The maximum Gasteiger partial charge on any atom is 0.411 e. The SMILES string of the molecule is CCCCOC(=O)Nc1cncc(C#N)c1. The first-order valence-electron chi connectivity index (χ1n) is 5.05. The number of amides is 1. The van der Waals surface area contributed by atoms with Crippen LogP contribution in [0.4, 0.5) is 10.5 Å². The number of hydrogen-bond acceptors (Lipinski definition) is 4. The van der Waals surface area contributed by atoms with E-state index in [4.69, 9.17) is 10.00 Å². The van der Waals surface area contributed by atoms with Crippen molar-refractivity contribution in [1.29, 1.82) is 5.26 Å². The van der Waals surface area contributed by atoms with Crippen molar-refractivity contribution in [3.8, 4) is 6.07 Å². The van der Waals surface area contributed by atoms with Gasteiger partial charge in [-0.05, 0) is 12.5 Å². The second-order valence-electron chi connectivity index (χ2n) is 3.19. The van der Waals surface area contributed by atoms with Gasteiger partial charge in [0.1, 0.15) is 6.07 Å². The lowest BCUT2D eigenvalue weighted by Crippen LogP contribution is -2.14. The lowest BCUT2D eigenvalue weighted by molar-refractivity contribution is 0.160. The number of pyridine rings is 1. The van der Waals surface area contributed by atoms with E-state index >= 15 is 0 Å². The maximum atomic E-state index is 11.2. The Morgan fingerprint density at radius 3 is 3.12 bits per heavy atom. The number of nitriles is 1. The molecule has 0 fully saturated rings. The predicted octanol–water partition coefficient (Wildman–Crippen LogP) is 2.30. The van der Waals surface area contributed by atoms with Crippen molar-refractivity contribution in [2.24, 2.45) is 0 Å². The van der Waals surface area contributed by atoms with Gasteiger partial charge in [0, 0.05) is 6.20 Å². The van der Waals surface area contributed by atoms with Gasteiger partial charge in [-0.3, -0.25) is 10.3 Å². The molecule has 0 aliphatic heterocycles. The van der Waals surface area contributed by atoms with Gasteiger partial charge in [-0.2, -0.15) is 5.26 Å². The first-order chi connectivity index (χ1) is 7.76. The fourth-order valence-electron chi connectivity index (χ4n) is 1.03.